The number of rotatable bonds is 8. The van der Waals surface area contributed by atoms with E-state index in [9.17, 15) is 9.59 Å². The summed E-state index contributed by atoms with van der Waals surface area (Å²) in [5, 5.41) is 0. The first kappa shape index (κ1) is 26.5. The zero-order chi connectivity index (χ0) is 24.9. The standard InChI is InChI=1S/C24H36N2O8/c1-23(21(27)25(3)4)31-13-19(14-32-23)29-11-17-8-7-9-18(10-17)12-30-20-15-33-24(2,34-16-20)22(28)26(5)6/h7-10,19-20H,11-16H2,1-6H3. The Morgan fingerprint density at radius 3 is 1.47 bits per heavy atom. The molecule has 0 N–H and O–H groups in total. The van der Waals surface area contributed by atoms with Crippen LogP contribution in [0.4, 0.5) is 0 Å². The number of carbonyl (C=O) groups excluding carboxylic acids is 2. The van der Waals surface area contributed by atoms with Gasteiger partial charge in [0, 0.05) is 28.2 Å². The molecule has 2 heterocycles. The van der Waals surface area contributed by atoms with Crippen molar-refractivity contribution < 1.29 is 38.0 Å². The third kappa shape index (κ3) is 6.53. The number of carbonyl (C=O) groups is 2. The van der Waals surface area contributed by atoms with Crippen molar-refractivity contribution in [2.75, 3.05) is 54.6 Å². The van der Waals surface area contributed by atoms with Crippen LogP contribution >= 0.6 is 0 Å². The Hall–Kier alpha value is -2.08. The lowest BCUT2D eigenvalue weighted by Crippen LogP contribution is -2.54. The zero-order valence-electron chi connectivity index (χ0n) is 20.9. The fraction of sp³-hybridized carbons (Fsp3) is 0.667. The maximum atomic E-state index is 12.2. The zero-order valence-corrected chi connectivity index (χ0v) is 20.9. The normalized spacial score (nSPS) is 29.5. The van der Waals surface area contributed by atoms with E-state index in [-0.39, 0.29) is 50.4 Å². The minimum absolute atomic E-state index is 0.235. The van der Waals surface area contributed by atoms with Crippen LogP contribution in [0.1, 0.15) is 25.0 Å². The van der Waals surface area contributed by atoms with Crippen LogP contribution in [0, 0.1) is 0 Å². The van der Waals surface area contributed by atoms with Gasteiger partial charge in [-0.3, -0.25) is 9.59 Å². The van der Waals surface area contributed by atoms with Crippen molar-refractivity contribution in [2.45, 2.75) is 50.8 Å². The quantitative estimate of drug-likeness (QED) is 0.547. The van der Waals surface area contributed by atoms with Gasteiger partial charge in [-0.25, -0.2) is 0 Å². The van der Waals surface area contributed by atoms with Crippen LogP contribution in [0.25, 0.3) is 0 Å². The van der Waals surface area contributed by atoms with Gasteiger partial charge in [-0.2, -0.15) is 0 Å². The summed E-state index contributed by atoms with van der Waals surface area (Å²) in [6.07, 6.45) is -0.530. The number of amides is 2. The van der Waals surface area contributed by atoms with Gasteiger partial charge < -0.3 is 38.2 Å². The van der Waals surface area contributed by atoms with E-state index in [0.29, 0.717) is 13.2 Å². The topological polar surface area (TPSA) is 96.0 Å². The first-order valence-electron chi connectivity index (χ1n) is 11.3. The second-order valence-electron chi connectivity index (χ2n) is 9.22. The van der Waals surface area contributed by atoms with Gasteiger partial charge in [-0.05, 0) is 25.0 Å². The van der Waals surface area contributed by atoms with Gasteiger partial charge in [0.1, 0.15) is 12.2 Å². The molecule has 1 aromatic carbocycles. The van der Waals surface area contributed by atoms with Crippen molar-refractivity contribution in [1.29, 1.82) is 0 Å². The van der Waals surface area contributed by atoms with Crippen LogP contribution in [0.5, 0.6) is 0 Å². The molecule has 0 radical (unpaired) electrons. The maximum absolute atomic E-state index is 12.2. The molecule has 0 aliphatic carbocycles. The van der Waals surface area contributed by atoms with Crippen LogP contribution in [-0.2, 0) is 51.2 Å². The number of likely N-dealkylation sites (N-methyl/N-ethyl adjacent to an activating group) is 2. The van der Waals surface area contributed by atoms with Crippen molar-refractivity contribution in [3.8, 4) is 0 Å². The molecule has 3 rings (SSSR count). The Balaban J connectivity index is 1.42. The molecule has 10 nitrogen and oxygen atoms in total. The second kappa shape index (κ2) is 11.1. The Bertz CT molecular complexity index is 778. The number of nitrogens with zero attached hydrogens (tertiary/aromatic N) is 2. The van der Waals surface area contributed by atoms with Crippen molar-refractivity contribution in [1.82, 2.24) is 9.80 Å². The molecule has 0 saturated carbocycles. The van der Waals surface area contributed by atoms with Crippen molar-refractivity contribution >= 4 is 11.8 Å². The second-order valence-corrected chi connectivity index (χ2v) is 9.22. The highest BCUT2D eigenvalue weighted by Crippen LogP contribution is 2.24. The Morgan fingerprint density at radius 2 is 1.15 bits per heavy atom. The third-order valence-corrected chi connectivity index (χ3v) is 5.73. The average molecular weight is 481 g/mol. The van der Waals surface area contributed by atoms with Gasteiger partial charge in [0.15, 0.2) is 0 Å². The molecule has 2 fully saturated rings. The smallest absolute Gasteiger partial charge is 0.282 e. The van der Waals surface area contributed by atoms with E-state index in [4.69, 9.17) is 28.4 Å². The number of ether oxygens (including phenoxy) is 6. The molecule has 34 heavy (non-hydrogen) atoms. The summed E-state index contributed by atoms with van der Waals surface area (Å²) in [5.74, 6) is -3.02. The molecule has 0 spiro atoms. The van der Waals surface area contributed by atoms with Crippen molar-refractivity contribution in [2.24, 2.45) is 0 Å². The lowest BCUT2D eigenvalue weighted by molar-refractivity contribution is -0.280. The van der Waals surface area contributed by atoms with Gasteiger partial charge in [0.25, 0.3) is 11.8 Å². The van der Waals surface area contributed by atoms with E-state index in [2.05, 4.69) is 0 Å². The summed E-state index contributed by atoms with van der Waals surface area (Å²) in [6.45, 7) is 5.10. The van der Waals surface area contributed by atoms with Crippen LogP contribution < -0.4 is 0 Å². The molecule has 10 heteroatoms. The SMILES string of the molecule is CN(C)C(=O)C1(C)OCC(OCc2cccc(COC3COC(C)(C(=O)N(C)C)OC3)c2)CO1. The molecular weight excluding hydrogens is 444 g/mol. The molecule has 0 bridgehead atoms. The fourth-order valence-electron chi connectivity index (χ4n) is 3.68. The Labute approximate surface area is 201 Å². The minimum atomic E-state index is -1.27. The highest BCUT2D eigenvalue weighted by atomic mass is 16.7. The van der Waals surface area contributed by atoms with Gasteiger partial charge in [0.2, 0.25) is 11.6 Å². The summed E-state index contributed by atoms with van der Waals surface area (Å²) in [7, 11) is 6.65. The monoisotopic (exact) mass is 480 g/mol. The van der Waals surface area contributed by atoms with Gasteiger partial charge in [-0.15, -0.1) is 0 Å². The molecule has 2 saturated heterocycles. The summed E-state index contributed by atoms with van der Waals surface area (Å²) < 4.78 is 34.5. The third-order valence-electron chi connectivity index (χ3n) is 5.73. The lowest BCUT2D eigenvalue weighted by Gasteiger charge is -2.37. The van der Waals surface area contributed by atoms with E-state index in [1.807, 2.05) is 24.3 Å². The van der Waals surface area contributed by atoms with Gasteiger partial charge >= 0.3 is 0 Å². The number of hydrogen-bond donors (Lipinski definition) is 0. The Morgan fingerprint density at radius 1 is 0.794 bits per heavy atom. The first-order valence-corrected chi connectivity index (χ1v) is 11.3. The summed E-state index contributed by atoms with van der Waals surface area (Å²) in [5.41, 5.74) is 1.97. The van der Waals surface area contributed by atoms with Gasteiger partial charge in [0.05, 0.1) is 39.6 Å². The largest absolute Gasteiger partial charge is 0.369 e. The highest BCUT2D eigenvalue weighted by Gasteiger charge is 2.42. The minimum Gasteiger partial charge on any atom is -0.369 e. The number of hydrogen-bond acceptors (Lipinski definition) is 8. The first-order chi connectivity index (χ1) is 16.0. The molecule has 0 unspecified atom stereocenters. The average Bonchev–Trinajstić information content (AvgIpc) is 2.82. The highest BCUT2D eigenvalue weighted by molar-refractivity contribution is 5.83. The van der Waals surface area contributed by atoms with E-state index in [1.54, 1.807) is 42.0 Å². The summed E-state index contributed by atoms with van der Waals surface area (Å²) >= 11 is 0. The van der Waals surface area contributed by atoms with E-state index < -0.39 is 11.6 Å². The van der Waals surface area contributed by atoms with Crippen LogP contribution in [0.15, 0.2) is 24.3 Å². The van der Waals surface area contributed by atoms with E-state index in [1.165, 1.54) is 9.80 Å². The Kier molecular flexibility index (Phi) is 8.66. The number of benzene rings is 1. The predicted molar refractivity (Wildman–Crippen MR) is 122 cm³/mol. The molecule has 190 valence electrons. The van der Waals surface area contributed by atoms with Crippen LogP contribution in [0.2, 0.25) is 0 Å². The van der Waals surface area contributed by atoms with Crippen LogP contribution in [-0.4, -0.2) is 100 Å². The predicted octanol–water partition coefficient (Wildman–Crippen LogP) is 1.16. The van der Waals surface area contributed by atoms with Crippen LogP contribution in [0.3, 0.4) is 0 Å². The molecule has 2 amide bonds. The molecule has 2 aliphatic rings. The molecule has 0 atom stereocenters. The molecule has 2 aliphatic heterocycles. The van der Waals surface area contributed by atoms with Crippen molar-refractivity contribution in [3.63, 3.8) is 0 Å². The van der Waals surface area contributed by atoms with Crippen molar-refractivity contribution in [3.05, 3.63) is 35.4 Å². The molecular formula is C24H36N2O8. The lowest BCUT2D eigenvalue weighted by atomic mass is 10.1. The summed E-state index contributed by atoms with van der Waals surface area (Å²) in [6, 6.07) is 7.89. The molecule has 1 aromatic rings. The van der Waals surface area contributed by atoms with E-state index >= 15 is 0 Å². The molecule has 0 aromatic heterocycles. The fourth-order valence-corrected chi connectivity index (χ4v) is 3.68. The van der Waals surface area contributed by atoms with E-state index in [0.717, 1.165) is 11.1 Å². The summed E-state index contributed by atoms with van der Waals surface area (Å²) in [4.78, 5) is 27.3. The van der Waals surface area contributed by atoms with Gasteiger partial charge in [-0.1, -0.05) is 24.3 Å². The maximum Gasteiger partial charge on any atom is 0.282 e.